The first-order valence-corrected chi connectivity index (χ1v) is 5.91. The third-order valence-electron chi connectivity index (χ3n) is 3.65. The van der Waals surface area contributed by atoms with Crippen LogP contribution in [0, 0.1) is 0 Å². The zero-order chi connectivity index (χ0) is 9.86. The Bertz CT molecular complexity index is 168. The number of hydrogen-bond donors (Lipinski definition) is 1. The highest BCUT2D eigenvalue weighted by atomic mass is 16.5. The van der Waals surface area contributed by atoms with Gasteiger partial charge in [0.05, 0.1) is 5.60 Å². The van der Waals surface area contributed by atoms with E-state index in [0.29, 0.717) is 0 Å². The maximum absolute atomic E-state index is 5.97. The predicted octanol–water partition coefficient (Wildman–Crippen LogP) is 0.980. The van der Waals surface area contributed by atoms with Crippen molar-refractivity contribution in [3.05, 3.63) is 0 Å². The van der Waals surface area contributed by atoms with Gasteiger partial charge in [-0.15, -0.1) is 0 Å². The van der Waals surface area contributed by atoms with Crippen molar-refractivity contribution in [2.75, 3.05) is 32.8 Å². The van der Waals surface area contributed by atoms with E-state index < -0.39 is 0 Å². The molecular formula is C11H22N2O. The summed E-state index contributed by atoms with van der Waals surface area (Å²) in [6, 6.07) is 0. The molecule has 82 valence electrons. The molecule has 3 heteroatoms. The fourth-order valence-corrected chi connectivity index (χ4v) is 2.67. The summed E-state index contributed by atoms with van der Waals surface area (Å²) in [6.07, 6.45) is 6.33. The van der Waals surface area contributed by atoms with E-state index in [4.69, 9.17) is 10.5 Å². The first-order valence-electron chi connectivity index (χ1n) is 5.91. The average Bonchev–Trinajstić information content (AvgIpc) is 2.24. The average molecular weight is 198 g/mol. The molecule has 2 saturated heterocycles. The van der Waals surface area contributed by atoms with E-state index >= 15 is 0 Å². The lowest BCUT2D eigenvalue weighted by Crippen LogP contribution is -2.48. The second kappa shape index (κ2) is 4.60. The summed E-state index contributed by atoms with van der Waals surface area (Å²) in [5.41, 5.74) is 5.81. The Morgan fingerprint density at radius 2 is 1.93 bits per heavy atom. The van der Waals surface area contributed by atoms with Crippen LogP contribution in [0.1, 0.15) is 32.1 Å². The molecule has 2 N–H and O–H groups in total. The van der Waals surface area contributed by atoms with Crippen molar-refractivity contribution in [3.8, 4) is 0 Å². The van der Waals surface area contributed by atoms with Crippen molar-refractivity contribution in [2.45, 2.75) is 37.7 Å². The lowest BCUT2D eigenvalue weighted by molar-refractivity contribution is -0.110. The Labute approximate surface area is 86.6 Å². The highest BCUT2D eigenvalue weighted by molar-refractivity contribution is 4.89. The number of nitrogens with two attached hydrogens (primary N) is 1. The lowest BCUT2D eigenvalue weighted by atomic mass is 9.84. The van der Waals surface area contributed by atoms with E-state index in [9.17, 15) is 0 Å². The van der Waals surface area contributed by atoms with Gasteiger partial charge in [-0.2, -0.15) is 0 Å². The maximum Gasteiger partial charge on any atom is 0.0706 e. The minimum absolute atomic E-state index is 0.253. The lowest BCUT2D eigenvalue weighted by Gasteiger charge is -2.43. The molecule has 0 aromatic carbocycles. The van der Waals surface area contributed by atoms with Gasteiger partial charge < -0.3 is 15.4 Å². The molecule has 2 aliphatic rings. The van der Waals surface area contributed by atoms with Gasteiger partial charge >= 0.3 is 0 Å². The molecule has 1 spiro atoms. The van der Waals surface area contributed by atoms with Gasteiger partial charge in [0, 0.05) is 32.8 Å². The molecule has 2 heterocycles. The number of ether oxygens (including phenoxy) is 1. The highest BCUT2D eigenvalue weighted by Crippen LogP contribution is 2.34. The molecule has 0 saturated carbocycles. The van der Waals surface area contributed by atoms with Gasteiger partial charge in [0.25, 0.3) is 0 Å². The number of nitrogens with zero attached hydrogens (tertiary/aromatic N) is 1. The van der Waals surface area contributed by atoms with Crippen LogP contribution in [-0.4, -0.2) is 43.3 Å². The van der Waals surface area contributed by atoms with Crippen LogP contribution < -0.4 is 5.73 Å². The van der Waals surface area contributed by atoms with Crippen LogP contribution in [0.2, 0.25) is 0 Å². The van der Waals surface area contributed by atoms with Crippen LogP contribution >= 0.6 is 0 Å². The molecule has 2 rings (SSSR count). The predicted molar refractivity (Wildman–Crippen MR) is 57.3 cm³/mol. The van der Waals surface area contributed by atoms with Gasteiger partial charge in [0.2, 0.25) is 0 Å². The molecular weight excluding hydrogens is 176 g/mol. The molecule has 0 radical (unpaired) electrons. The Morgan fingerprint density at radius 3 is 2.50 bits per heavy atom. The number of rotatable bonds is 2. The fraction of sp³-hybridized carbons (Fsp3) is 1.00. The third-order valence-corrected chi connectivity index (χ3v) is 3.65. The Morgan fingerprint density at radius 1 is 1.14 bits per heavy atom. The van der Waals surface area contributed by atoms with Crippen LogP contribution in [0.25, 0.3) is 0 Å². The third kappa shape index (κ3) is 2.27. The van der Waals surface area contributed by atoms with Gasteiger partial charge in [0.15, 0.2) is 0 Å². The van der Waals surface area contributed by atoms with E-state index in [1.54, 1.807) is 0 Å². The molecule has 0 aliphatic carbocycles. The van der Waals surface area contributed by atoms with E-state index in [1.807, 2.05) is 0 Å². The summed E-state index contributed by atoms with van der Waals surface area (Å²) < 4.78 is 5.97. The van der Waals surface area contributed by atoms with Crippen molar-refractivity contribution in [1.29, 1.82) is 0 Å². The molecule has 0 unspecified atom stereocenters. The summed E-state index contributed by atoms with van der Waals surface area (Å²) in [5, 5.41) is 0. The number of piperidine rings is 1. The molecule has 3 nitrogen and oxygen atoms in total. The van der Waals surface area contributed by atoms with Gasteiger partial charge in [-0.05, 0) is 32.1 Å². The van der Waals surface area contributed by atoms with E-state index in [1.165, 1.54) is 45.2 Å². The Balaban J connectivity index is 1.81. The number of hydrogen-bond acceptors (Lipinski definition) is 3. The molecule has 0 bridgehead atoms. The summed E-state index contributed by atoms with van der Waals surface area (Å²) in [6.45, 7) is 5.18. The van der Waals surface area contributed by atoms with E-state index in [2.05, 4.69) is 4.90 Å². The SMILES string of the molecule is NCCN1CCC2(CCCCO2)CC1. The van der Waals surface area contributed by atoms with Crippen molar-refractivity contribution < 1.29 is 4.74 Å². The van der Waals surface area contributed by atoms with Crippen LogP contribution in [0.3, 0.4) is 0 Å². The van der Waals surface area contributed by atoms with Crippen LogP contribution in [-0.2, 0) is 4.74 Å². The summed E-state index contributed by atoms with van der Waals surface area (Å²) in [5.74, 6) is 0. The van der Waals surface area contributed by atoms with E-state index in [0.717, 1.165) is 19.7 Å². The zero-order valence-electron chi connectivity index (χ0n) is 9.00. The van der Waals surface area contributed by atoms with Gasteiger partial charge in [-0.3, -0.25) is 0 Å². The van der Waals surface area contributed by atoms with Crippen molar-refractivity contribution >= 4 is 0 Å². The van der Waals surface area contributed by atoms with Crippen molar-refractivity contribution in [1.82, 2.24) is 4.90 Å². The molecule has 14 heavy (non-hydrogen) atoms. The first-order chi connectivity index (χ1) is 6.85. The van der Waals surface area contributed by atoms with E-state index in [-0.39, 0.29) is 5.60 Å². The van der Waals surface area contributed by atoms with Crippen LogP contribution in [0.4, 0.5) is 0 Å². The second-order valence-corrected chi connectivity index (χ2v) is 4.62. The monoisotopic (exact) mass is 198 g/mol. The topological polar surface area (TPSA) is 38.5 Å². The highest BCUT2D eigenvalue weighted by Gasteiger charge is 2.36. The molecule has 0 atom stereocenters. The standard InChI is InChI=1S/C11H22N2O/c12-6-9-13-7-4-11(5-8-13)3-1-2-10-14-11/h1-10,12H2. The molecule has 0 aromatic heterocycles. The molecule has 2 fully saturated rings. The minimum atomic E-state index is 0.253. The molecule has 2 aliphatic heterocycles. The summed E-state index contributed by atoms with van der Waals surface area (Å²) >= 11 is 0. The fourth-order valence-electron chi connectivity index (χ4n) is 2.67. The number of likely N-dealkylation sites (tertiary alicyclic amines) is 1. The molecule has 0 aromatic rings. The maximum atomic E-state index is 5.97. The quantitative estimate of drug-likeness (QED) is 0.719. The Kier molecular flexibility index (Phi) is 3.42. The Hall–Kier alpha value is -0.120. The second-order valence-electron chi connectivity index (χ2n) is 4.62. The summed E-state index contributed by atoms with van der Waals surface area (Å²) in [4.78, 5) is 2.46. The normalized spacial score (nSPS) is 28.1. The van der Waals surface area contributed by atoms with Gasteiger partial charge in [-0.25, -0.2) is 0 Å². The first kappa shape index (κ1) is 10.4. The summed E-state index contributed by atoms with van der Waals surface area (Å²) in [7, 11) is 0. The largest absolute Gasteiger partial charge is 0.375 e. The van der Waals surface area contributed by atoms with Crippen LogP contribution in [0.15, 0.2) is 0 Å². The zero-order valence-corrected chi connectivity index (χ0v) is 9.00. The van der Waals surface area contributed by atoms with Crippen molar-refractivity contribution in [2.24, 2.45) is 5.73 Å². The minimum Gasteiger partial charge on any atom is -0.375 e. The molecule has 0 amide bonds. The smallest absolute Gasteiger partial charge is 0.0706 e. The van der Waals surface area contributed by atoms with Gasteiger partial charge in [-0.1, -0.05) is 0 Å². The van der Waals surface area contributed by atoms with Crippen LogP contribution in [0.5, 0.6) is 0 Å². The van der Waals surface area contributed by atoms with Crippen molar-refractivity contribution in [3.63, 3.8) is 0 Å². The van der Waals surface area contributed by atoms with Gasteiger partial charge in [0.1, 0.15) is 0 Å².